The van der Waals surface area contributed by atoms with E-state index in [9.17, 15) is 0 Å². The Morgan fingerprint density at radius 3 is 1.47 bits per heavy atom. The quantitative estimate of drug-likeness (QED) is 0.142. The van der Waals surface area contributed by atoms with E-state index in [2.05, 4.69) is 6.92 Å². The Labute approximate surface area is 322 Å². The zero-order valence-corrected chi connectivity index (χ0v) is 30.4. The predicted octanol–water partition coefficient (Wildman–Crippen LogP) is 9.98. The van der Waals surface area contributed by atoms with Crippen LogP contribution in [0.15, 0.2) is 72.8 Å². The highest BCUT2D eigenvalue weighted by atomic mass is 19.3. The molecule has 1 spiro atoms. The first kappa shape index (κ1) is 35.1. The molecule has 2 aliphatic heterocycles. The van der Waals surface area contributed by atoms with E-state index in [-0.39, 0.29) is 11.1 Å². The summed E-state index contributed by atoms with van der Waals surface area (Å²) in [5, 5.41) is 0. The predicted molar refractivity (Wildman–Crippen MR) is 188 cm³/mol. The average Bonchev–Trinajstić information content (AvgIpc) is 3.89. The van der Waals surface area contributed by atoms with E-state index in [4.69, 9.17) is 18.9 Å². The summed E-state index contributed by atoms with van der Waals surface area (Å²) in [6, 6.07) is 17.7. The highest BCUT2D eigenvalue weighted by Crippen LogP contribution is 3.06. The van der Waals surface area contributed by atoms with Crippen molar-refractivity contribution in [3.63, 3.8) is 0 Å². The molecule has 4 nitrogen and oxygen atoms in total. The summed E-state index contributed by atoms with van der Waals surface area (Å²) >= 11 is 0. The molecule has 12 rings (SSSR count). The summed E-state index contributed by atoms with van der Waals surface area (Å²) in [5.41, 5.74) is 0.735. The van der Waals surface area contributed by atoms with E-state index in [1.165, 1.54) is 12.0 Å². The third kappa shape index (κ3) is 5.12. The summed E-state index contributed by atoms with van der Waals surface area (Å²) in [5.74, 6) is 0.884. The highest BCUT2D eigenvalue weighted by molar-refractivity contribution is 5.66. The van der Waals surface area contributed by atoms with Crippen molar-refractivity contribution >= 4 is 0 Å². The van der Waals surface area contributed by atoms with E-state index in [0.717, 1.165) is 77.7 Å². The van der Waals surface area contributed by atoms with Crippen molar-refractivity contribution in [1.82, 2.24) is 0 Å². The normalized spacial score (nSPS) is 38.4. The molecule has 12 heteroatoms. The minimum atomic E-state index is -4.51. The molecule has 0 amide bonds. The Hall–Kier alpha value is -3.84. The van der Waals surface area contributed by atoms with Gasteiger partial charge in [0, 0.05) is 0 Å². The van der Waals surface area contributed by atoms with Gasteiger partial charge in [0.1, 0.15) is 58.8 Å². The molecule has 0 radical (unpaired) electrons. The van der Waals surface area contributed by atoms with Gasteiger partial charge in [0.15, 0.2) is 0 Å². The average molecular weight is 793 g/mol. The van der Waals surface area contributed by atoms with Gasteiger partial charge in [-0.3, -0.25) is 0 Å². The van der Waals surface area contributed by atoms with Gasteiger partial charge >= 0.3 is 12.2 Å². The van der Waals surface area contributed by atoms with E-state index >= 15 is 35.1 Å². The maximum atomic E-state index is 15.5. The number of hydrogen-bond acceptors (Lipinski definition) is 4. The zero-order chi connectivity index (χ0) is 39.1. The van der Waals surface area contributed by atoms with E-state index in [0.29, 0.717) is 28.4 Å². The van der Waals surface area contributed by atoms with Gasteiger partial charge in [0.25, 0.3) is 0 Å². The second-order valence-corrected chi connectivity index (χ2v) is 17.8. The lowest BCUT2D eigenvalue weighted by Gasteiger charge is -2.25. The first-order valence-electron chi connectivity index (χ1n) is 19.8. The second kappa shape index (κ2) is 11.5. The molecule has 296 valence electrons. The molecular weight excluding hydrogens is 756 g/mol. The maximum absolute atomic E-state index is 15.5. The third-order valence-electron chi connectivity index (χ3n) is 15.0. The zero-order valence-electron chi connectivity index (χ0n) is 30.4. The number of hydrogen-bond donors (Lipinski definition) is 0. The molecule has 2 saturated heterocycles. The van der Waals surface area contributed by atoms with Gasteiger partial charge in [-0.05, 0) is 129 Å². The van der Waals surface area contributed by atoms with Crippen molar-refractivity contribution in [3.8, 4) is 22.3 Å². The topological polar surface area (TPSA) is 36.9 Å². The van der Waals surface area contributed by atoms with Crippen LogP contribution < -0.4 is 0 Å². The van der Waals surface area contributed by atoms with Crippen LogP contribution in [0.1, 0.15) is 41.5 Å². The summed E-state index contributed by atoms with van der Waals surface area (Å²) in [4.78, 5) is 0. The number of halogens is 8. The lowest BCUT2D eigenvalue weighted by molar-refractivity contribution is -0.289. The van der Waals surface area contributed by atoms with Gasteiger partial charge in [0.2, 0.25) is 0 Å². The highest BCUT2D eigenvalue weighted by Gasteiger charge is 3.01. The van der Waals surface area contributed by atoms with Crippen molar-refractivity contribution < 1.29 is 54.1 Å². The summed E-state index contributed by atoms with van der Waals surface area (Å²) in [6.07, 6.45) is -12.8. The van der Waals surface area contributed by atoms with E-state index in [1.807, 2.05) is 24.3 Å². The van der Waals surface area contributed by atoms with Crippen molar-refractivity contribution in [2.75, 3.05) is 13.2 Å². The number of fused-ring (bicyclic) bond motifs is 8. The first-order chi connectivity index (χ1) is 27.3. The molecule has 57 heavy (non-hydrogen) atoms. The summed E-state index contributed by atoms with van der Waals surface area (Å²) in [6.45, 7) is 0.997. The molecule has 6 aliphatic carbocycles. The second-order valence-electron chi connectivity index (χ2n) is 17.8. The monoisotopic (exact) mass is 792 g/mol. The van der Waals surface area contributed by atoms with Gasteiger partial charge in [-0.15, -0.1) is 0 Å². The number of alkyl halides is 4. The number of rotatable bonds is 11. The Kier molecular flexibility index (Phi) is 7.06. The standard InChI is InChI=1S/C45H36F8O4/c1-18-34-25(35(18)34)10-19-2-4-20(5-3-19)23-11-28(46)37(29(47)12-23)44(50,51)56-32-16-54-42-33(17-55-41(32)42)57-45(52,53)38-30(48)13-24(14-31(38)49)21-6-8-22(9-7-21)36-39-40(36)43(39)26-15-27(26)43/h2-9,11-14,18,25-27,32-36,39-42H,10,15-17H2,1H3/t18?,25?,26?,27?,32-,33+,34?,35?,36?,39?,40?,41+,42+,43?/m1/s1. The molecule has 2 heterocycles. The van der Waals surface area contributed by atoms with Crippen LogP contribution in [0.2, 0.25) is 0 Å². The molecular formula is C45H36F8O4. The fraction of sp³-hybridized carbons (Fsp3) is 0.467. The summed E-state index contributed by atoms with van der Waals surface area (Å²) < 4.78 is 144. The van der Waals surface area contributed by atoms with E-state index in [1.54, 1.807) is 24.3 Å². The molecule has 0 aromatic heterocycles. The molecule has 6 saturated carbocycles. The van der Waals surface area contributed by atoms with Gasteiger partial charge in [-0.25, -0.2) is 17.6 Å². The SMILES string of the molecule is CC1C2C(Cc3ccc(-c4cc(F)c(C(F)(F)O[C@@H]5CO[C@@H]6[C@H]5OC[C@@H]6OC(F)(F)c5c(F)cc(-c6ccc(C7C8C7C87C8CC87)cc6)cc5F)c(F)c4)cc3)C12. The molecule has 4 aromatic rings. The van der Waals surface area contributed by atoms with Crippen molar-refractivity contribution in [2.45, 2.75) is 62.3 Å². The van der Waals surface area contributed by atoms with Crippen molar-refractivity contribution in [2.24, 2.45) is 52.8 Å². The Balaban J connectivity index is 0.694. The van der Waals surface area contributed by atoms with Gasteiger partial charge in [0.05, 0.1) is 13.2 Å². The molecule has 10 atom stereocenters. The van der Waals surface area contributed by atoms with Crippen LogP contribution in [-0.4, -0.2) is 37.6 Å². The molecule has 0 bridgehead atoms. The third-order valence-corrected chi connectivity index (χ3v) is 15.0. The fourth-order valence-electron chi connectivity index (χ4n) is 11.8. The molecule has 8 fully saturated rings. The Morgan fingerprint density at radius 1 is 0.632 bits per heavy atom. The van der Waals surface area contributed by atoms with Gasteiger partial charge < -0.3 is 18.9 Å². The van der Waals surface area contributed by atoms with Gasteiger partial charge in [-0.1, -0.05) is 55.5 Å². The number of ether oxygens (including phenoxy) is 4. The van der Waals surface area contributed by atoms with Crippen molar-refractivity contribution in [3.05, 3.63) is 118 Å². The molecule has 4 aromatic carbocycles. The Bertz CT molecular complexity index is 2270. The first-order valence-corrected chi connectivity index (χ1v) is 19.8. The lowest BCUT2D eigenvalue weighted by Crippen LogP contribution is -2.39. The fourth-order valence-corrected chi connectivity index (χ4v) is 11.8. The van der Waals surface area contributed by atoms with Crippen molar-refractivity contribution in [1.29, 1.82) is 0 Å². The maximum Gasteiger partial charge on any atom is 0.389 e. The van der Waals surface area contributed by atoms with Crippen LogP contribution in [0.5, 0.6) is 0 Å². The number of benzene rings is 4. The van der Waals surface area contributed by atoms with Crippen LogP contribution >= 0.6 is 0 Å². The minimum Gasteiger partial charge on any atom is -0.370 e. The largest absolute Gasteiger partial charge is 0.389 e. The molecule has 6 unspecified atom stereocenters. The van der Waals surface area contributed by atoms with Crippen LogP contribution in [0.3, 0.4) is 0 Å². The Morgan fingerprint density at radius 2 is 1.07 bits per heavy atom. The van der Waals surface area contributed by atoms with E-state index < -0.39 is 84.2 Å². The smallest absolute Gasteiger partial charge is 0.370 e. The summed E-state index contributed by atoms with van der Waals surface area (Å²) in [7, 11) is 0. The molecule has 0 N–H and O–H groups in total. The minimum absolute atomic E-state index is 0.0615. The van der Waals surface area contributed by atoms with Crippen LogP contribution in [0, 0.1) is 76.0 Å². The van der Waals surface area contributed by atoms with Crippen LogP contribution in [0.25, 0.3) is 22.3 Å². The van der Waals surface area contributed by atoms with Crippen LogP contribution in [0.4, 0.5) is 35.1 Å². The van der Waals surface area contributed by atoms with Crippen LogP contribution in [-0.2, 0) is 37.6 Å². The molecule has 8 aliphatic rings. The lowest BCUT2D eigenvalue weighted by atomic mass is 9.88. The van der Waals surface area contributed by atoms with Gasteiger partial charge in [-0.2, -0.15) is 17.6 Å².